The third-order valence-corrected chi connectivity index (χ3v) is 14.7. The van der Waals surface area contributed by atoms with Gasteiger partial charge >= 0.3 is 0 Å². The predicted octanol–water partition coefficient (Wildman–Crippen LogP) is 17.2. The van der Waals surface area contributed by atoms with E-state index in [0.717, 1.165) is 81.2 Å². The lowest BCUT2D eigenvalue weighted by Crippen LogP contribution is -2.18. The van der Waals surface area contributed by atoms with Gasteiger partial charge in [0.15, 0.2) is 0 Å². The zero-order valence-corrected chi connectivity index (χ0v) is 49.0. The third kappa shape index (κ3) is 14.5. The molecule has 0 radical (unpaired) electrons. The van der Waals surface area contributed by atoms with Crippen LogP contribution in [0.1, 0.15) is 81.2 Å². The van der Waals surface area contributed by atoms with Gasteiger partial charge in [-0.25, -0.2) is 20.2 Å². The molecule has 13 heteroatoms. The SMILES string of the molecule is COc1ccccc1C1=NN(c2ccc(C=O)cc2)C(c2ccccc2)C1.[C-]#[N+]/C(C#N)=C1/C=C(C)OC(c2ccccc2)=C1.[C-]#[N+]/C(C#N)=C1C=C(/C=C/c2ccc(N3N=C(c4ccccc4OC)CC3c3ccccc3)cc2)OC(c2ccccc2)=C/1. The number of carbonyl (C=O) groups excluding carboxylic acids is 1. The number of anilines is 2. The Morgan fingerprint density at radius 3 is 1.35 bits per heavy atom. The molecule has 89 heavy (non-hydrogen) atoms. The molecular weight excluding hydrogens is 1100 g/mol. The standard InChI is InChI=1S/C38H28N4O2.C23H20N2O2.C15H10N2O/c1-40-35(26-39)30-23-32(44-38(24-30)29-13-7-4-8-14-29)22-19-27-17-20-31(21-18-27)42-36(28-11-5-3-6-12-28)25-34(41-42)33-15-9-10-16-37(33)43-2;1-27-23-10-6-5-9-20(23)21-15-22(18-7-3-2-4-8-18)25(24-21)19-13-11-17(16-26)12-14-19;1-11-8-13(14(10-16)17-2)9-15(18-11)12-6-4-3-5-7-12/h3-24,36H,25H2,2H3;2-14,16,22H,15H2,1H3;3-9H,1H3/b22-19+,35-30-;;14-13-. The quantitative estimate of drug-likeness (QED) is 0.0626. The maximum Gasteiger partial charge on any atom is 0.269 e. The second-order valence-electron chi connectivity index (χ2n) is 20.4. The largest absolute Gasteiger partial charge is 0.496 e. The Kier molecular flexibility index (Phi) is 19.5. The van der Waals surface area contributed by atoms with E-state index in [1.807, 2.05) is 193 Å². The van der Waals surface area contributed by atoms with E-state index >= 15 is 0 Å². The van der Waals surface area contributed by atoms with E-state index in [1.165, 1.54) is 11.1 Å². The maximum absolute atomic E-state index is 11.0. The second kappa shape index (κ2) is 29.0. The summed E-state index contributed by atoms with van der Waals surface area (Å²) in [4.78, 5) is 17.6. The Hall–Kier alpha value is -12.3. The van der Waals surface area contributed by atoms with Crippen molar-refractivity contribution in [3.05, 3.63) is 350 Å². The van der Waals surface area contributed by atoms with E-state index in [9.17, 15) is 10.1 Å². The fourth-order valence-corrected chi connectivity index (χ4v) is 10.4. The average Bonchev–Trinajstić information content (AvgIpc) is 2.20. The van der Waals surface area contributed by atoms with Gasteiger partial charge in [0.2, 0.25) is 0 Å². The van der Waals surface area contributed by atoms with E-state index in [4.69, 9.17) is 47.6 Å². The maximum atomic E-state index is 11.0. The van der Waals surface area contributed by atoms with E-state index in [-0.39, 0.29) is 23.5 Å². The van der Waals surface area contributed by atoms with Gasteiger partial charge in [0.1, 0.15) is 40.8 Å². The van der Waals surface area contributed by atoms with Crippen molar-refractivity contribution in [3.8, 4) is 23.6 Å². The van der Waals surface area contributed by atoms with Crippen molar-refractivity contribution >= 4 is 46.7 Å². The lowest BCUT2D eigenvalue weighted by Gasteiger charge is -2.24. The van der Waals surface area contributed by atoms with Crippen LogP contribution in [0.2, 0.25) is 0 Å². The summed E-state index contributed by atoms with van der Waals surface area (Å²) in [7, 11) is 3.36. The number of nitriles is 2. The van der Waals surface area contributed by atoms with Gasteiger partial charge in [-0.3, -0.25) is 14.8 Å². The molecular formula is C76H58N8O5. The molecule has 0 N–H and O–H groups in total. The molecule has 4 aliphatic rings. The van der Waals surface area contributed by atoms with Gasteiger partial charge in [0, 0.05) is 40.7 Å². The lowest BCUT2D eigenvalue weighted by molar-refractivity contribution is 0.112. The number of para-hydroxylation sites is 2. The molecule has 8 aromatic carbocycles. The fourth-order valence-electron chi connectivity index (χ4n) is 10.4. The van der Waals surface area contributed by atoms with Crippen molar-refractivity contribution in [3.63, 3.8) is 0 Å². The van der Waals surface area contributed by atoms with Gasteiger partial charge in [0.05, 0.1) is 74.4 Å². The molecule has 0 amide bonds. The Bertz CT molecular complexity index is 4320. The number of rotatable bonds is 13. The molecule has 2 atom stereocenters. The molecule has 0 saturated heterocycles. The summed E-state index contributed by atoms with van der Waals surface area (Å²) in [5.74, 6) is 4.07. The first-order valence-corrected chi connectivity index (χ1v) is 28.5. The Morgan fingerprint density at radius 2 is 0.921 bits per heavy atom. The molecule has 0 aliphatic carbocycles. The molecule has 12 rings (SSSR count). The number of carbonyl (C=O) groups is 1. The summed E-state index contributed by atoms with van der Waals surface area (Å²) >= 11 is 0. The number of hydrogen-bond acceptors (Lipinski definition) is 11. The minimum absolute atomic E-state index is 0.0172. The van der Waals surface area contributed by atoms with Crippen LogP contribution in [0.15, 0.2) is 293 Å². The van der Waals surface area contributed by atoms with E-state index in [2.05, 4.69) is 69.3 Å². The van der Waals surface area contributed by atoms with Gasteiger partial charge in [-0.15, -0.1) is 0 Å². The average molecular weight is 1160 g/mol. The molecule has 0 bridgehead atoms. The number of benzene rings is 8. The van der Waals surface area contributed by atoms with Gasteiger partial charge < -0.3 is 18.9 Å². The highest BCUT2D eigenvalue weighted by Crippen LogP contribution is 2.41. The van der Waals surface area contributed by atoms with E-state index in [0.29, 0.717) is 39.7 Å². The molecule has 8 aromatic rings. The summed E-state index contributed by atoms with van der Waals surface area (Å²) < 4.78 is 22.9. The van der Waals surface area contributed by atoms with Crippen LogP contribution in [0.5, 0.6) is 11.5 Å². The third-order valence-electron chi connectivity index (χ3n) is 14.7. The van der Waals surface area contributed by atoms with Crippen molar-refractivity contribution in [2.24, 2.45) is 10.2 Å². The van der Waals surface area contributed by atoms with Crippen LogP contribution in [-0.4, -0.2) is 31.9 Å². The van der Waals surface area contributed by atoms with Crippen LogP contribution in [0.25, 0.3) is 27.3 Å². The molecule has 4 aliphatic heterocycles. The van der Waals surface area contributed by atoms with Gasteiger partial charge in [-0.2, -0.15) is 10.2 Å². The number of allylic oxidation sites excluding steroid dienone is 10. The van der Waals surface area contributed by atoms with Crippen molar-refractivity contribution in [2.45, 2.75) is 31.8 Å². The summed E-state index contributed by atoms with van der Waals surface area (Å²) in [6, 6.07) is 75.7. The first-order valence-electron chi connectivity index (χ1n) is 28.5. The van der Waals surface area contributed by atoms with Crippen molar-refractivity contribution in [1.29, 1.82) is 10.5 Å². The van der Waals surface area contributed by atoms with Crippen LogP contribution in [0.4, 0.5) is 11.4 Å². The van der Waals surface area contributed by atoms with Crippen LogP contribution in [-0.2, 0) is 9.47 Å². The monoisotopic (exact) mass is 1160 g/mol. The number of ether oxygens (including phenoxy) is 4. The highest BCUT2D eigenvalue weighted by Gasteiger charge is 2.33. The van der Waals surface area contributed by atoms with Gasteiger partial charge in [-0.1, -0.05) is 164 Å². The Balaban J connectivity index is 0.000000164. The van der Waals surface area contributed by atoms with Crippen LogP contribution in [0, 0.1) is 35.8 Å². The molecule has 2 unspecified atom stereocenters. The molecule has 0 spiro atoms. The van der Waals surface area contributed by atoms with Crippen molar-refractivity contribution in [1.82, 2.24) is 0 Å². The topological polar surface area (TPSA) is 141 Å². The van der Waals surface area contributed by atoms with Crippen molar-refractivity contribution < 1.29 is 23.7 Å². The first-order chi connectivity index (χ1) is 43.7. The molecule has 4 heterocycles. The number of hydrogen-bond donors (Lipinski definition) is 0. The number of hydrazone groups is 2. The Morgan fingerprint density at radius 1 is 0.517 bits per heavy atom. The summed E-state index contributed by atoms with van der Waals surface area (Å²) in [5, 5.41) is 32.5. The fraction of sp³-hybridized carbons (Fsp3) is 0.0921. The molecule has 0 fully saturated rings. The minimum atomic E-state index is 0.0172. The Labute approximate surface area is 518 Å². The van der Waals surface area contributed by atoms with Gasteiger partial charge in [0.25, 0.3) is 11.4 Å². The van der Waals surface area contributed by atoms with E-state index in [1.54, 1.807) is 45.4 Å². The van der Waals surface area contributed by atoms with E-state index < -0.39 is 0 Å². The molecule has 13 nitrogen and oxygen atoms in total. The minimum Gasteiger partial charge on any atom is -0.496 e. The summed E-state index contributed by atoms with van der Waals surface area (Å²) in [6.45, 7) is 16.2. The lowest BCUT2D eigenvalue weighted by atomic mass is 9.97. The van der Waals surface area contributed by atoms with Crippen LogP contribution < -0.4 is 19.5 Å². The molecule has 0 saturated carbocycles. The number of aldehydes is 1. The highest BCUT2D eigenvalue weighted by molar-refractivity contribution is 6.06. The van der Waals surface area contributed by atoms with Crippen molar-refractivity contribution in [2.75, 3.05) is 24.2 Å². The van der Waals surface area contributed by atoms with Gasteiger partial charge in [-0.05, 0) is 126 Å². The number of methoxy groups -OCH3 is 2. The first kappa shape index (κ1) is 59.9. The summed E-state index contributed by atoms with van der Waals surface area (Å²) in [6.07, 6.45) is 13.1. The zero-order chi connectivity index (χ0) is 61.9. The molecule has 432 valence electrons. The highest BCUT2D eigenvalue weighted by atomic mass is 16.5. The number of nitrogens with zero attached hydrogens (tertiary/aromatic N) is 8. The molecule has 0 aromatic heterocycles. The predicted molar refractivity (Wildman–Crippen MR) is 350 cm³/mol. The van der Waals surface area contributed by atoms with Crippen LogP contribution in [0.3, 0.4) is 0 Å². The summed E-state index contributed by atoms with van der Waals surface area (Å²) in [5.41, 5.74) is 12.9. The second-order valence-corrected chi connectivity index (χ2v) is 20.4. The van der Waals surface area contributed by atoms with Crippen LogP contribution >= 0.6 is 0 Å². The smallest absolute Gasteiger partial charge is 0.269 e. The zero-order valence-electron chi connectivity index (χ0n) is 49.0. The normalized spacial score (nSPS) is 16.7.